The number of pyridine rings is 1. The SMILES string of the molecule is COc1cc(F)ccc1Oc1ccc([N+](=O)[O-])cc1.COc1cc2c(Nc3ccc(Oc4ccc(F)cc4OC)cc3)c(C#N)cnc2cc1OCCCCl. The number of non-ortho nitro benzene ring substituents is 1. The van der Waals surface area contributed by atoms with Crippen LogP contribution in [-0.4, -0.2) is 43.7 Å². The summed E-state index contributed by atoms with van der Waals surface area (Å²) in [5, 5.41) is 24.2. The number of nitrogens with one attached hydrogen (secondary N) is 1. The lowest BCUT2D eigenvalue weighted by molar-refractivity contribution is -0.384. The molecule has 0 amide bonds. The van der Waals surface area contributed by atoms with E-state index >= 15 is 0 Å². The van der Waals surface area contributed by atoms with E-state index < -0.39 is 16.6 Å². The average molecular weight is 771 g/mol. The summed E-state index contributed by atoms with van der Waals surface area (Å²) in [7, 11) is 4.40. The molecule has 1 heterocycles. The number of nitrogens with zero attached hydrogens (tertiary/aromatic N) is 3. The van der Waals surface area contributed by atoms with Gasteiger partial charge in [0.05, 0.1) is 49.6 Å². The number of rotatable bonds is 14. The monoisotopic (exact) mass is 770 g/mol. The number of hydrogen-bond donors (Lipinski definition) is 1. The summed E-state index contributed by atoms with van der Waals surface area (Å²) in [5.74, 6) is 2.91. The van der Waals surface area contributed by atoms with Gasteiger partial charge in [-0.2, -0.15) is 5.26 Å². The molecule has 15 heteroatoms. The van der Waals surface area contributed by atoms with Crippen LogP contribution in [0.25, 0.3) is 10.9 Å². The minimum atomic E-state index is -0.498. The summed E-state index contributed by atoms with van der Waals surface area (Å²) in [5.41, 5.74) is 2.29. The summed E-state index contributed by atoms with van der Waals surface area (Å²) in [6.45, 7) is 0.449. The van der Waals surface area contributed by atoms with Crippen LogP contribution >= 0.6 is 11.6 Å². The van der Waals surface area contributed by atoms with Gasteiger partial charge in [-0.15, -0.1) is 11.6 Å². The van der Waals surface area contributed by atoms with Crippen molar-refractivity contribution in [2.45, 2.75) is 6.42 Å². The van der Waals surface area contributed by atoms with Crippen LogP contribution in [0.5, 0.6) is 46.0 Å². The molecule has 0 bridgehead atoms. The van der Waals surface area contributed by atoms with E-state index in [-0.39, 0.29) is 11.4 Å². The molecule has 55 heavy (non-hydrogen) atoms. The van der Waals surface area contributed by atoms with E-state index in [9.17, 15) is 24.2 Å². The maximum atomic E-state index is 13.5. The Morgan fingerprint density at radius 2 is 1.31 bits per heavy atom. The number of fused-ring (bicyclic) bond motifs is 1. The first kappa shape index (κ1) is 39.4. The van der Waals surface area contributed by atoms with E-state index in [1.807, 2.05) is 0 Å². The molecule has 0 atom stereocenters. The van der Waals surface area contributed by atoms with Crippen LogP contribution in [0.3, 0.4) is 0 Å². The van der Waals surface area contributed by atoms with Crippen molar-refractivity contribution in [2.75, 3.05) is 39.1 Å². The van der Waals surface area contributed by atoms with Crippen LogP contribution in [0, 0.1) is 33.1 Å². The lowest BCUT2D eigenvalue weighted by Gasteiger charge is -2.16. The minimum absolute atomic E-state index is 0.0292. The first-order valence-electron chi connectivity index (χ1n) is 16.4. The van der Waals surface area contributed by atoms with Gasteiger partial charge in [0.1, 0.15) is 29.2 Å². The minimum Gasteiger partial charge on any atom is -0.493 e. The predicted octanol–water partition coefficient (Wildman–Crippen LogP) is 10.3. The summed E-state index contributed by atoms with van der Waals surface area (Å²) < 4.78 is 59.3. The number of nitro groups is 1. The highest BCUT2D eigenvalue weighted by Crippen LogP contribution is 2.38. The first-order chi connectivity index (χ1) is 26.7. The van der Waals surface area contributed by atoms with Gasteiger partial charge in [-0.05, 0) is 73.2 Å². The van der Waals surface area contributed by atoms with Crippen molar-refractivity contribution in [1.29, 1.82) is 5.26 Å². The molecule has 0 saturated heterocycles. The fourth-order valence-corrected chi connectivity index (χ4v) is 5.13. The number of nitro benzene ring substituents is 1. The second-order valence-electron chi connectivity index (χ2n) is 11.3. The molecule has 0 spiro atoms. The molecule has 0 radical (unpaired) electrons. The number of benzene rings is 5. The van der Waals surface area contributed by atoms with E-state index in [2.05, 4.69) is 16.4 Å². The van der Waals surface area contributed by atoms with Crippen LogP contribution in [0.2, 0.25) is 0 Å². The van der Waals surface area contributed by atoms with Gasteiger partial charge in [0, 0.05) is 53.5 Å². The summed E-state index contributed by atoms with van der Waals surface area (Å²) in [4.78, 5) is 14.4. The number of hydrogen-bond acceptors (Lipinski definition) is 11. The highest BCUT2D eigenvalue weighted by Gasteiger charge is 2.15. The van der Waals surface area contributed by atoms with E-state index in [4.69, 9.17) is 40.0 Å². The lowest BCUT2D eigenvalue weighted by atomic mass is 10.1. The zero-order valence-electron chi connectivity index (χ0n) is 29.7. The molecule has 0 unspecified atom stereocenters. The zero-order valence-corrected chi connectivity index (χ0v) is 30.4. The molecule has 0 aliphatic carbocycles. The number of anilines is 2. The highest BCUT2D eigenvalue weighted by molar-refractivity contribution is 6.17. The molecule has 1 aromatic heterocycles. The second-order valence-corrected chi connectivity index (χ2v) is 11.6. The normalized spacial score (nSPS) is 10.3. The molecule has 5 aromatic carbocycles. The van der Waals surface area contributed by atoms with Crippen LogP contribution in [-0.2, 0) is 0 Å². The molecule has 0 saturated carbocycles. The Bertz CT molecular complexity index is 2310. The Morgan fingerprint density at radius 3 is 1.82 bits per heavy atom. The highest BCUT2D eigenvalue weighted by atomic mass is 35.5. The maximum Gasteiger partial charge on any atom is 0.269 e. The van der Waals surface area contributed by atoms with E-state index in [0.717, 1.165) is 5.69 Å². The number of nitriles is 1. The van der Waals surface area contributed by atoms with Gasteiger partial charge < -0.3 is 33.7 Å². The zero-order chi connectivity index (χ0) is 39.3. The largest absolute Gasteiger partial charge is 0.493 e. The van der Waals surface area contributed by atoms with Crippen molar-refractivity contribution in [3.63, 3.8) is 0 Å². The van der Waals surface area contributed by atoms with Gasteiger partial charge in [0.25, 0.3) is 5.69 Å². The Kier molecular flexibility index (Phi) is 13.4. The van der Waals surface area contributed by atoms with Gasteiger partial charge in [-0.1, -0.05) is 0 Å². The molecule has 1 N–H and O–H groups in total. The molecule has 6 rings (SSSR count). The molecule has 282 valence electrons. The van der Waals surface area contributed by atoms with Crippen LogP contribution < -0.4 is 33.7 Å². The molecule has 0 aliphatic rings. The first-order valence-corrected chi connectivity index (χ1v) is 16.9. The molecule has 6 aromatic rings. The third kappa shape index (κ3) is 10.2. The number of methoxy groups -OCH3 is 3. The van der Waals surface area contributed by atoms with Gasteiger partial charge in [0.15, 0.2) is 34.5 Å². The van der Waals surface area contributed by atoms with Gasteiger partial charge in [-0.25, -0.2) is 8.78 Å². The van der Waals surface area contributed by atoms with Crippen molar-refractivity contribution in [3.8, 4) is 52.1 Å². The fraction of sp³-hybridized carbons (Fsp3) is 0.150. The molecular weight excluding hydrogens is 738 g/mol. The molecule has 0 aliphatic heterocycles. The van der Waals surface area contributed by atoms with Crippen molar-refractivity contribution < 1.29 is 42.1 Å². The van der Waals surface area contributed by atoms with E-state index in [1.165, 1.54) is 81.1 Å². The number of alkyl halides is 1. The van der Waals surface area contributed by atoms with Gasteiger partial charge in [0.2, 0.25) is 0 Å². The predicted molar refractivity (Wildman–Crippen MR) is 203 cm³/mol. The van der Waals surface area contributed by atoms with Crippen LogP contribution in [0.1, 0.15) is 12.0 Å². The lowest BCUT2D eigenvalue weighted by Crippen LogP contribution is -2.02. The Balaban J connectivity index is 0.000000256. The topological polar surface area (TPSA) is 147 Å². The van der Waals surface area contributed by atoms with Crippen molar-refractivity contribution in [3.05, 3.63) is 131 Å². The third-order valence-electron chi connectivity index (χ3n) is 7.69. The van der Waals surface area contributed by atoms with Crippen molar-refractivity contribution in [1.82, 2.24) is 4.98 Å². The molecular formula is C40H33ClF2N4O8. The van der Waals surface area contributed by atoms with Crippen molar-refractivity contribution >= 4 is 39.6 Å². The number of halogens is 3. The number of ether oxygens (including phenoxy) is 6. The summed E-state index contributed by atoms with van der Waals surface area (Å²) in [6.07, 6.45) is 2.21. The Labute approximate surface area is 319 Å². The van der Waals surface area contributed by atoms with E-state index in [0.29, 0.717) is 81.3 Å². The Morgan fingerprint density at radius 1 is 0.764 bits per heavy atom. The van der Waals surface area contributed by atoms with Crippen LogP contribution in [0.4, 0.5) is 25.8 Å². The van der Waals surface area contributed by atoms with Crippen LogP contribution in [0.15, 0.2) is 103 Å². The molecule has 12 nitrogen and oxygen atoms in total. The quantitative estimate of drug-likeness (QED) is 0.0488. The molecule has 0 fully saturated rings. The average Bonchev–Trinajstić information content (AvgIpc) is 3.20. The van der Waals surface area contributed by atoms with Gasteiger partial charge in [-0.3, -0.25) is 15.1 Å². The maximum absolute atomic E-state index is 13.5. The van der Waals surface area contributed by atoms with Gasteiger partial charge >= 0.3 is 0 Å². The Hall–Kier alpha value is -6.85. The smallest absolute Gasteiger partial charge is 0.269 e. The summed E-state index contributed by atoms with van der Waals surface area (Å²) in [6, 6.07) is 26.4. The fourth-order valence-electron chi connectivity index (χ4n) is 5.02. The third-order valence-corrected chi connectivity index (χ3v) is 7.95. The standard InChI is InChI=1S/C27H23ClFN3O4.C13H10FNO4/c1-33-24-12-18(29)4-9-23(24)36-20-7-5-19(6-8-20)32-27-17(15-30)16-31-22-14-26(35-11-3-10-28)25(34-2)13-21(22)27;1-18-13-8-9(14)2-7-12(13)19-11-5-3-10(4-6-11)15(16)17/h4-9,12-14,16H,3,10-11H2,1-2H3,(H,31,32);2-8H,1H3. The number of aromatic nitrogens is 1. The van der Waals surface area contributed by atoms with E-state index in [1.54, 1.807) is 43.5 Å². The van der Waals surface area contributed by atoms with Crippen molar-refractivity contribution in [2.24, 2.45) is 0 Å². The summed E-state index contributed by atoms with van der Waals surface area (Å²) >= 11 is 5.75. The second kappa shape index (κ2) is 18.8.